The smallest absolute Gasteiger partial charge is 0.209 e. The summed E-state index contributed by atoms with van der Waals surface area (Å²) in [6, 6.07) is 0. The molecule has 1 amide bonds. The van der Waals surface area contributed by atoms with Crippen molar-refractivity contribution in [2.24, 2.45) is 5.92 Å². The third kappa shape index (κ3) is 3.77. The molecule has 0 unspecified atom stereocenters. The fourth-order valence-corrected chi connectivity index (χ4v) is 1.97. The van der Waals surface area contributed by atoms with E-state index in [1.165, 1.54) is 0 Å². The zero-order chi connectivity index (χ0) is 9.90. The number of amides is 1. The van der Waals surface area contributed by atoms with E-state index in [9.17, 15) is 9.90 Å². The predicted octanol–water partition coefficient (Wildman–Crippen LogP) is 1.02. The fourth-order valence-electron chi connectivity index (χ4n) is 1.97. The lowest BCUT2D eigenvalue weighted by atomic mass is 9.86. The number of carbonyl (C=O) groups excluding carboxylic acids is 1. The Morgan fingerprint density at radius 1 is 1.46 bits per heavy atom. The van der Waals surface area contributed by atoms with Crippen LogP contribution >= 0.6 is 0 Å². The van der Waals surface area contributed by atoms with Gasteiger partial charge in [-0.1, -0.05) is 0 Å². The maximum absolute atomic E-state index is 10.4. The van der Waals surface area contributed by atoms with Crippen molar-refractivity contribution in [2.75, 3.05) is 13.1 Å². The van der Waals surface area contributed by atoms with Crippen LogP contribution in [0.15, 0.2) is 0 Å². The summed E-state index contributed by atoms with van der Waals surface area (Å²) in [6.07, 6.45) is 3.82. The van der Waals surface area contributed by atoms with Crippen LogP contribution in [-0.2, 0) is 4.79 Å². The summed E-state index contributed by atoms with van der Waals surface area (Å²) in [5.41, 5.74) is -0.561. The Bertz CT molecular complexity index is 166. The van der Waals surface area contributed by atoms with E-state index in [-0.39, 0.29) is 0 Å². The van der Waals surface area contributed by atoms with Gasteiger partial charge in [-0.2, -0.15) is 0 Å². The molecule has 1 N–H and O–H groups in total. The van der Waals surface area contributed by atoms with Crippen molar-refractivity contribution in [1.29, 1.82) is 0 Å². The van der Waals surface area contributed by atoms with E-state index in [2.05, 4.69) is 0 Å². The molecule has 1 saturated heterocycles. The molecule has 0 bridgehead atoms. The lowest BCUT2D eigenvalue weighted by Gasteiger charge is -2.32. The Morgan fingerprint density at radius 3 is 2.38 bits per heavy atom. The van der Waals surface area contributed by atoms with Crippen molar-refractivity contribution in [3.8, 4) is 0 Å². The van der Waals surface area contributed by atoms with E-state index in [0.29, 0.717) is 5.92 Å². The van der Waals surface area contributed by atoms with Crippen LogP contribution in [0.1, 0.15) is 33.1 Å². The highest BCUT2D eigenvalue weighted by molar-refractivity contribution is 5.47. The first-order valence-electron chi connectivity index (χ1n) is 4.93. The van der Waals surface area contributed by atoms with Gasteiger partial charge in [-0.25, -0.2) is 0 Å². The predicted molar refractivity (Wildman–Crippen MR) is 51.3 cm³/mol. The lowest BCUT2D eigenvalue weighted by molar-refractivity contribution is -0.119. The van der Waals surface area contributed by atoms with Crippen LogP contribution in [0.3, 0.4) is 0 Å². The molecular weight excluding hydrogens is 166 g/mol. The number of likely N-dealkylation sites (tertiary alicyclic amines) is 1. The van der Waals surface area contributed by atoms with Crippen LogP contribution in [0.2, 0.25) is 0 Å². The minimum atomic E-state index is -0.561. The number of rotatable bonds is 3. The van der Waals surface area contributed by atoms with Gasteiger partial charge in [0.2, 0.25) is 6.41 Å². The van der Waals surface area contributed by atoms with Crippen molar-refractivity contribution >= 4 is 6.41 Å². The number of carbonyl (C=O) groups is 1. The standard InChI is InChI=1S/C10H19NO2/c1-10(2,13)7-9-3-5-11(8-12)6-4-9/h8-9,13H,3-7H2,1-2H3. The highest BCUT2D eigenvalue weighted by Gasteiger charge is 2.24. The van der Waals surface area contributed by atoms with Crippen LogP contribution in [0.25, 0.3) is 0 Å². The molecule has 0 spiro atoms. The molecule has 3 heteroatoms. The van der Waals surface area contributed by atoms with Crippen molar-refractivity contribution in [3.05, 3.63) is 0 Å². The maximum Gasteiger partial charge on any atom is 0.209 e. The molecule has 3 nitrogen and oxygen atoms in total. The van der Waals surface area contributed by atoms with Gasteiger partial charge in [0.15, 0.2) is 0 Å². The number of nitrogens with zero attached hydrogens (tertiary/aromatic N) is 1. The minimum absolute atomic E-state index is 0.561. The van der Waals surface area contributed by atoms with Gasteiger partial charge in [0.1, 0.15) is 0 Å². The topological polar surface area (TPSA) is 40.5 Å². The molecule has 1 heterocycles. The highest BCUT2D eigenvalue weighted by atomic mass is 16.3. The molecule has 0 aromatic rings. The molecular formula is C10H19NO2. The molecule has 0 aliphatic carbocycles. The van der Waals surface area contributed by atoms with Crippen LogP contribution < -0.4 is 0 Å². The minimum Gasteiger partial charge on any atom is -0.390 e. The molecule has 1 aliphatic rings. The second-order valence-electron chi connectivity index (χ2n) is 4.60. The first-order chi connectivity index (χ1) is 6.01. The maximum atomic E-state index is 10.4. The average molecular weight is 185 g/mol. The molecule has 76 valence electrons. The van der Waals surface area contributed by atoms with Gasteiger partial charge in [0.05, 0.1) is 5.60 Å². The average Bonchev–Trinajstić information content (AvgIpc) is 2.03. The SMILES string of the molecule is CC(C)(O)CC1CCN(C=O)CC1. The Kier molecular flexibility index (Phi) is 3.31. The Labute approximate surface area is 79.7 Å². The van der Waals surface area contributed by atoms with Crippen molar-refractivity contribution in [3.63, 3.8) is 0 Å². The van der Waals surface area contributed by atoms with Gasteiger partial charge in [-0.3, -0.25) is 4.79 Å². The Hall–Kier alpha value is -0.570. The van der Waals surface area contributed by atoms with Crippen LogP contribution in [0.5, 0.6) is 0 Å². The van der Waals surface area contributed by atoms with E-state index < -0.39 is 5.60 Å². The van der Waals surface area contributed by atoms with Crippen LogP contribution in [-0.4, -0.2) is 35.1 Å². The Balaban J connectivity index is 2.29. The molecule has 0 saturated carbocycles. The van der Waals surface area contributed by atoms with E-state index in [1.807, 2.05) is 13.8 Å². The van der Waals surface area contributed by atoms with Gasteiger partial charge in [0.25, 0.3) is 0 Å². The van der Waals surface area contributed by atoms with E-state index in [1.54, 1.807) is 4.90 Å². The van der Waals surface area contributed by atoms with E-state index in [4.69, 9.17) is 0 Å². The molecule has 0 radical (unpaired) electrons. The first-order valence-corrected chi connectivity index (χ1v) is 4.93. The number of hydrogen-bond acceptors (Lipinski definition) is 2. The van der Waals surface area contributed by atoms with Crippen LogP contribution in [0.4, 0.5) is 0 Å². The van der Waals surface area contributed by atoms with E-state index in [0.717, 1.165) is 38.8 Å². The van der Waals surface area contributed by atoms with Crippen molar-refractivity contribution in [1.82, 2.24) is 4.90 Å². The molecule has 1 fully saturated rings. The summed E-state index contributed by atoms with van der Waals surface area (Å²) in [5, 5.41) is 9.61. The number of piperidine rings is 1. The highest BCUT2D eigenvalue weighted by Crippen LogP contribution is 2.25. The quantitative estimate of drug-likeness (QED) is 0.667. The molecule has 0 aromatic heterocycles. The summed E-state index contributed by atoms with van der Waals surface area (Å²) < 4.78 is 0. The lowest BCUT2D eigenvalue weighted by Crippen LogP contribution is -2.35. The first kappa shape index (κ1) is 10.5. The van der Waals surface area contributed by atoms with Gasteiger partial charge in [-0.15, -0.1) is 0 Å². The summed E-state index contributed by atoms with van der Waals surface area (Å²) in [7, 11) is 0. The van der Waals surface area contributed by atoms with Crippen molar-refractivity contribution in [2.45, 2.75) is 38.7 Å². The van der Waals surface area contributed by atoms with Crippen LogP contribution in [0, 0.1) is 5.92 Å². The van der Waals surface area contributed by atoms with E-state index >= 15 is 0 Å². The second kappa shape index (κ2) is 4.09. The zero-order valence-electron chi connectivity index (χ0n) is 8.49. The molecule has 13 heavy (non-hydrogen) atoms. The van der Waals surface area contributed by atoms with Gasteiger partial charge in [0, 0.05) is 13.1 Å². The normalized spacial score (nSPS) is 20.4. The van der Waals surface area contributed by atoms with Gasteiger partial charge < -0.3 is 10.0 Å². The Morgan fingerprint density at radius 2 is 2.00 bits per heavy atom. The number of aliphatic hydroxyl groups is 1. The summed E-state index contributed by atoms with van der Waals surface area (Å²) in [6.45, 7) is 5.40. The summed E-state index contributed by atoms with van der Waals surface area (Å²) in [5.74, 6) is 0.580. The fraction of sp³-hybridized carbons (Fsp3) is 0.900. The largest absolute Gasteiger partial charge is 0.390 e. The number of hydrogen-bond donors (Lipinski definition) is 1. The molecule has 0 atom stereocenters. The molecule has 1 aliphatic heterocycles. The third-order valence-corrected chi connectivity index (χ3v) is 2.59. The van der Waals surface area contributed by atoms with Gasteiger partial charge in [-0.05, 0) is 39.0 Å². The summed E-state index contributed by atoms with van der Waals surface area (Å²) >= 11 is 0. The molecule has 0 aromatic carbocycles. The third-order valence-electron chi connectivity index (χ3n) is 2.59. The zero-order valence-corrected chi connectivity index (χ0v) is 8.49. The van der Waals surface area contributed by atoms with Gasteiger partial charge >= 0.3 is 0 Å². The second-order valence-corrected chi connectivity index (χ2v) is 4.60. The monoisotopic (exact) mass is 185 g/mol. The summed E-state index contributed by atoms with van der Waals surface area (Å²) in [4.78, 5) is 12.2. The van der Waals surface area contributed by atoms with Crippen molar-refractivity contribution < 1.29 is 9.90 Å². The molecule has 1 rings (SSSR count).